The zero-order valence-electron chi connectivity index (χ0n) is 10.0. The van der Waals surface area contributed by atoms with Crippen molar-refractivity contribution in [1.29, 1.82) is 0 Å². The van der Waals surface area contributed by atoms with Gasteiger partial charge in [-0.3, -0.25) is 4.79 Å². The minimum Gasteiger partial charge on any atom is -0.335 e. The van der Waals surface area contributed by atoms with Crippen LogP contribution in [0.5, 0.6) is 0 Å². The highest BCUT2D eigenvalue weighted by Crippen LogP contribution is 2.19. The van der Waals surface area contributed by atoms with Crippen molar-refractivity contribution in [2.45, 2.75) is 18.7 Å². The van der Waals surface area contributed by atoms with Crippen LogP contribution in [0.25, 0.3) is 0 Å². The van der Waals surface area contributed by atoms with Crippen LogP contribution in [0.2, 0.25) is 0 Å². The van der Waals surface area contributed by atoms with Crippen LogP contribution in [0.1, 0.15) is 17.4 Å². The summed E-state index contributed by atoms with van der Waals surface area (Å²) in [7, 11) is 0. The Bertz CT molecular complexity index is 393. The van der Waals surface area contributed by atoms with Crippen LogP contribution in [0, 0.1) is 0 Å². The lowest BCUT2D eigenvalue weighted by Crippen LogP contribution is -2.41. The van der Waals surface area contributed by atoms with E-state index >= 15 is 0 Å². The first-order valence-electron chi connectivity index (χ1n) is 5.83. The number of aromatic nitrogens is 2. The van der Waals surface area contributed by atoms with Gasteiger partial charge in [0.15, 0.2) is 0 Å². The molecule has 0 radical (unpaired) electrons. The van der Waals surface area contributed by atoms with Gasteiger partial charge in [0.2, 0.25) is 0 Å². The van der Waals surface area contributed by atoms with Gasteiger partial charge in [-0.25, -0.2) is 4.98 Å². The summed E-state index contributed by atoms with van der Waals surface area (Å²) in [6, 6.07) is 0. The lowest BCUT2D eigenvalue weighted by molar-refractivity contribution is 0.0757. The van der Waals surface area contributed by atoms with E-state index in [9.17, 15) is 4.79 Å². The number of imidazole rings is 1. The van der Waals surface area contributed by atoms with Crippen molar-refractivity contribution < 1.29 is 4.79 Å². The average Bonchev–Trinajstić information content (AvgIpc) is 2.77. The Labute approximate surface area is 105 Å². The zero-order chi connectivity index (χ0) is 12.3. The molecular formula is C11H18N4OS. The number of carbonyl (C=O) groups is 1. The van der Waals surface area contributed by atoms with E-state index in [1.165, 1.54) is 0 Å². The molecule has 0 aliphatic carbocycles. The summed E-state index contributed by atoms with van der Waals surface area (Å²) >= 11 is 1.91. The minimum absolute atomic E-state index is 0.0351. The molecular weight excluding hydrogens is 236 g/mol. The summed E-state index contributed by atoms with van der Waals surface area (Å²) in [6.45, 7) is 5.04. The van der Waals surface area contributed by atoms with Crippen LogP contribution in [0.3, 0.4) is 0 Å². The minimum atomic E-state index is 0.0351. The van der Waals surface area contributed by atoms with E-state index < -0.39 is 0 Å². The van der Waals surface area contributed by atoms with Crippen molar-refractivity contribution in [1.82, 2.24) is 14.5 Å². The Morgan fingerprint density at radius 2 is 2.53 bits per heavy atom. The molecule has 94 valence electrons. The molecule has 2 heterocycles. The lowest BCUT2D eigenvalue weighted by Gasteiger charge is -2.29. The maximum Gasteiger partial charge on any atom is 0.274 e. The smallest absolute Gasteiger partial charge is 0.274 e. The number of thioether (sulfide) groups is 1. The van der Waals surface area contributed by atoms with Crippen molar-refractivity contribution in [3.8, 4) is 0 Å². The Hall–Kier alpha value is -1.01. The molecule has 2 N–H and O–H groups in total. The van der Waals surface area contributed by atoms with E-state index in [0.29, 0.717) is 24.0 Å². The second-order valence-corrected chi connectivity index (χ2v) is 5.76. The number of nitrogens with zero attached hydrogens (tertiary/aromatic N) is 3. The summed E-state index contributed by atoms with van der Waals surface area (Å²) in [5.41, 5.74) is 5.99. The van der Waals surface area contributed by atoms with Crippen LogP contribution in [0.15, 0.2) is 12.5 Å². The Kier molecular flexibility index (Phi) is 4.06. The molecule has 1 aromatic rings. The van der Waals surface area contributed by atoms with Crippen LogP contribution < -0.4 is 5.73 Å². The number of amides is 1. The molecule has 1 amide bonds. The molecule has 5 nitrogen and oxygen atoms in total. The van der Waals surface area contributed by atoms with Crippen LogP contribution in [0.4, 0.5) is 0 Å². The largest absolute Gasteiger partial charge is 0.335 e. The Morgan fingerprint density at radius 3 is 3.24 bits per heavy atom. The Morgan fingerprint density at radius 1 is 1.71 bits per heavy atom. The molecule has 1 fully saturated rings. The molecule has 0 saturated carbocycles. The monoisotopic (exact) mass is 254 g/mol. The first-order chi connectivity index (χ1) is 8.20. The number of nitrogens with two attached hydrogens (primary N) is 1. The van der Waals surface area contributed by atoms with Crippen molar-refractivity contribution in [2.75, 3.05) is 25.4 Å². The van der Waals surface area contributed by atoms with Gasteiger partial charge in [0.25, 0.3) is 5.91 Å². The molecule has 1 unspecified atom stereocenters. The van der Waals surface area contributed by atoms with E-state index in [2.05, 4.69) is 11.9 Å². The van der Waals surface area contributed by atoms with Crippen molar-refractivity contribution in [3.05, 3.63) is 18.2 Å². The second kappa shape index (κ2) is 5.55. The molecule has 2 rings (SSSR count). The SMILES string of the molecule is CC1CN(C(=O)c2cn(CCN)cn2)CCS1. The number of carbonyl (C=O) groups excluding carboxylic acids is 1. The van der Waals surface area contributed by atoms with Gasteiger partial charge in [0.1, 0.15) is 5.69 Å². The van der Waals surface area contributed by atoms with Crippen molar-refractivity contribution in [2.24, 2.45) is 5.73 Å². The third kappa shape index (κ3) is 3.01. The van der Waals surface area contributed by atoms with Crippen LogP contribution >= 0.6 is 11.8 Å². The molecule has 1 aromatic heterocycles. The molecule has 17 heavy (non-hydrogen) atoms. The zero-order valence-corrected chi connectivity index (χ0v) is 10.8. The van der Waals surface area contributed by atoms with Crippen LogP contribution in [-0.4, -0.2) is 51.0 Å². The maximum absolute atomic E-state index is 12.2. The van der Waals surface area contributed by atoms with Gasteiger partial charge in [-0.1, -0.05) is 6.92 Å². The molecule has 0 bridgehead atoms. The van der Waals surface area contributed by atoms with Gasteiger partial charge in [-0.15, -0.1) is 0 Å². The molecule has 1 atom stereocenters. The molecule has 6 heteroatoms. The highest BCUT2D eigenvalue weighted by Gasteiger charge is 2.23. The third-order valence-electron chi connectivity index (χ3n) is 2.77. The molecule has 1 aliphatic rings. The third-order valence-corrected chi connectivity index (χ3v) is 3.90. The first kappa shape index (κ1) is 12.4. The summed E-state index contributed by atoms with van der Waals surface area (Å²) < 4.78 is 1.86. The maximum atomic E-state index is 12.2. The summed E-state index contributed by atoms with van der Waals surface area (Å²) in [5.74, 6) is 1.05. The van der Waals surface area contributed by atoms with Gasteiger partial charge in [0, 0.05) is 43.4 Å². The van der Waals surface area contributed by atoms with E-state index in [0.717, 1.165) is 18.8 Å². The van der Waals surface area contributed by atoms with Crippen molar-refractivity contribution in [3.63, 3.8) is 0 Å². The number of hydrogen-bond donors (Lipinski definition) is 1. The number of hydrogen-bond acceptors (Lipinski definition) is 4. The van der Waals surface area contributed by atoms with Gasteiger partial charge in [0.05, 0.1) is 6.33 Å². The molecule has 0 aromatic carbocycles. The van der Waals surface area contributed by atoms with E-state index in [4.69, 9.17) is 5.73 Å². The molecule has 1 saturated heterocycles. The fourth-order valence-corrected chi connectivity index (χ4v) is 2.92. The fraction of sp³-hybridized carbons (Fsp3) is 0.636. The van der Waals surface area contributed by atoms with Gasteiger partial charge in [-0.2, -0.15) is 11.8 Å². The summed E-state index contributed by atoms with van der Waals surface area (Å²) in [4.78, 5) is 18.2. The normalized spacial score (nSPS) is 20.6. The van der Waals surface area contributed by atoms with Crippen molar-refractivity contribution >= 4 is 17.7 Å². The standard InChI is InChI=1S/C11H18N4OS/c1-9-6-15(4-5-17-9)11(16)10-7-14(3-2-12)8-13-10/h7-9H,2-6,12H2,1H3. The molecule has 0 spiro atoms. The number of rotatable bonds is 3. The lowest BCUT2D eigenvalue weighted by atomic mass is 10.3. The topological polar surface area (TPSA) is 64.2 Å². The molecule has 1 aliphatic heterocycles. The first-order valence-corrected chi connectivity index (χ1v) is 6.88. The van der Waals surface area contributed by atoms with Gasteiger partial charge >= 0.3 is 0 Å². The highest BCUT2D eigenvalue weighted by atomic mass is 32.2. The summed E-state index contributed by atoms with van der Waals surface area (Å²) in [6.07, 6.45) is 3.45. The second-order valence-electron chi connectivity index (χ2n) is 4.22. The highest BCUT2D eigenvalue weighted by molar-refractivity contribution is 7.99. The summed E-state index contributed by atoms with van der Waals surface area (Å²) in [5, 5.41) is 0.513. The Balaban J connectivity index is 2.02. The van der Waals surface area contributed by atoms with E-state index in [1.807, 2.05) is 21.2 Å². The predicted octanol–water partition coefficient (Wildman–Crippen LogP) is 0.419. The van der Waals surface area contributed by atoms with Crippen LogP contribution in [-0.2, 0) is 6.54 Å². The quantitative estimate of drug-likeness (QED) is 0.849. The predicted molar refractivity (Wildman–Crippen MR) is 69.1 cm³/mol. The van der Waals surface area contributed by atoms with E-state index in [-0.39, 0.29) is 5.91 Å². The van der Waals surface area contributed by atoms with Gasteiger partial charge in [-0.05, 0) is 0 Å². The fourth-order valence-electron chi connectivity index (χ4n) is 1.91. The van der Waals surface area contributed by atoms with Gasteiger partial charge < -0.3 is 15.2 Å². The average molecular weight is 254 g/mol. The van der Waals surface area contributed by atoms with E-state index in [1.54, 1.807) is 12.5 Å².